The van der Waals surface area contributed by atoms with Gasteiger partial charge in [-0.1, -0.05) is 18.3 Å². The van der Waals surface area contributed by atoms with Gasteiger partial charge in [-0.2, -0.15) is 0 Å². The first-order valence-corrected chi connectivity index (χ1v) is 3.10. The van der Waals surface area contributed by atoms with Crippen LogP contribution in [0.15, 0.2) is 23.2 Å². The van der Waals surface area contributed by atoms with Gasteiger partial charge in [0.25, 0.3) is 0 Å². The minimum Gasteiger partial charge on any atom is -0.402 e. The van der Waals surface area contributed by atoms with Crippen LogP contribution < -0.4 is 11.1 Å². The van der Waals surface area contributed by atoms with Gasteiger partial charge < -0.3 is 11.1 Å². The van der Waals surface area contributed by atoms with Crippen molar-refractivity contribution in [1.29, 1.82) is 0 Å². The van der Waals surface area contributed by atoms with Gasteiger partial charge in [-0.15, -0.1) is 0 Å². The zero-order valence-electron chi connectivity index (χ0n) is 4.85. The van der Waals surface area contributed by atoms with E-state index in [4.69, 9.17) is 5.73 Å². The van der Waals surface area contributed by atoms with Gasteiger partial charge in [0.1, 0.15) is 0 Å². The molecule has 0 amide bonds. The summed E-state index contributed by atoms with van der Waals surface area (Å²) in [6, 6.07) is 0. The Labute approximate surface area is 53.8 Å². The number of nitrogens with one attached hydrogen (secondary N) is 1. The van der Waals surface area contributed by atoms with Gasteiger partial charge in [-0.3, -0.25) is 0 Å². The van der Waals surface area contributed by atoms with Gasteiger partial charge >= 0.3 is 0 Å². The van der Waals surface area contributed by atoms with E-state index in [1.54, 1.807) is 5.41 Å². The highest BCUT2D eigenvalue weighted by Crippen LogP contribution is 2.09. The topological polar surface area (TPSA) is 38.0 Å². The Morgan fingerprint density at radius 1 is 1.88 bits per heavy atom. The van der Waals surface area contributed by atoms with E-state index in [1.165, 1.54) is 18.0 Å². The summed E-state index contributed by atoms with van der Waals surface area (Å²) >= 11 is 1.47. The second-order valence-corrected chi connectivity index (χ2v) is 2.07. The van der Waals surface area contributed by atoms with E-state index in [-0.39, 0.29) is 0 Å². The Morgan fingerprint density at radius 3 is 2.62 bits per heavy atom. The second kappa shape index (κ2) is 4.59. The van der Waals surface area contributed by atoms with Gasteiger partial charge in [0, 0.05) is 13.2 Å². The molecule has 0 radical (unpaired) electrons. The summed E-state index contributed by atoms with van der Waals surface area (Å²) in [5.74, 6) is 0. The lowest BCUT2D eigenvalue weighted by molar-refractivity contribution is 1.07. The summed E-state index contributed by atoms with van der Waals surface area (Å²) < 4.78 is 0. The molecule has 0 heterocycles. The van der Waals surface area contributed by atoms with Crippen molar-refractivity contribution in [2.75, 3.05) is 7.05 Å². The van der Waals surface area contributed by atoms with Gasteiger partial charge in [0.2, 0.25) is 0 Å². The molecule has 0 atom stereocenters. The largest absolute Gasteiger partial charge is 0.402 e. The first-order chi connectivity index (χ1) is 3.85. The quantitative estimate of drug-likeness (QED) is 0.594. The van der Waals surface area contributed by atoms with Crippen LogP contribution in [0.1, 0.15) is 0 Å². The Bertz CT molecular complexity index is 98.6. The summed E-state index contributed by atoms with van der Waals surface area (Å²) in [5.41, 5.74) is 5.18. The molecule has 0 aliphatic rings. The average Bonchev–Trinajstić information content (AvgIpc) is 1.83. The molecule has 0 spiro atoms. The third-order valence-electron chi connectivity index (χ3n) is 0.608. The van der Waals surface area contributed by atoms with Crippen LogP contribution in [0.5, 0.6) is 0 Å². The van der Waals surface area contributed by atoms with Crippen molar-refractivity contribution in [3.63, 3.8) is 0 Å². The van der Waals surface area contributed by atoms with Crippen molar-refractivity contribution in [2.45, 2.75) is 0 Å². The zero-order chi connectivity index (χ0) is 6.41. The number of rotatable bonds is 3. The maximum absolute atomic E-state index is 5.18. The van der Waals surface area contributed by atoms with Gasteiger partial charge in [-0.05, 0) is 5.41 Å². The minimum atomic E-state index is 0.917. The molecule has 0 bridgehead atoms. The van der Waals surface area contributed by atoms with Crippen molar-refractivity contribution in [2.24, 2.45) is 5.73 Å². The molecule has 0 saturated carbocycles. The molecule has 0 saturated heterocycles. The fourth-order valence-corrected chi connectivity index (χ4v) is 0.647. The molecule has 2 nitrogen and oxygen atoms in total. The molecule has 0 fully saturated rings. The molecule has 0 rings (SSSR count). The smallest absolute Gasteiger partial charge is 0.0879 e. The SMILES string of the molecule is C=CS/C(=C\N)NC. The van der Waals surface area contributed by atoms with Gasteiger partial charge in [-0.25, -0.2) is 0 Å². The van der Waals surface area contributed by atoms with E-state index in [1.807, 2.05) is 7.05 Å². The monoisotopic (exact) mass is 130 g/mol. The predicted octanol–water partition coefficient (Wildman–Crippen LogP) is 0.840. The molecule has 3 N–H and O–H groups in total. The summed E-state index contributed by atoms with van der Waals surface area (Å²) in [6.45, 7) is 3.52. The maximum atomic E-state index is 5.18. The van der Waals surface area contributed by atoms with Crippen LogP contribution in [0.3, 0.4) is 0 Å². The lowest BCUT2D eigenvalue weighted by Crippen LogP contribution is -2.03. The first-order valence-electron chi connectivity index (χ1n) is 2.22. The molecule has 0 aromatic heterocycles. The molecule has 46 valence electrons. The molecule has 0 aliphatic heterocycles. The summed E-state index contributed by atoms with van der Waals surface area (Å²) in [4.78, 5) is 0. The second-order valence-electron chi connectivity index (χ2n) is 1.07. The van der Waals surface area contributed by atoms with E-state index in [0.29, 0.717) is 0 Å². The highest BCUT2D eigenvalue weighted by Gasteiger charge is 1.84. The van der Waals surface area contributed by atoms with Crippen LogP contribution >= 0.6 is 11.8 Å². The van der Waals surface area contributed by atoms with Gasteiger partial charge in [0.05, 0.1) is 5.03 Å². The van der Waals surface area contributed by atoms with E-state index >= 15 is 0 Å². The van der Waals surface area contributed by atoms with Crippen LogP contribution in [0, 0.1) is 0 Å². The lowest BCUT2D eigenvalue weighted by Gasteiger charge is -1.97. The Kier molecular flexibility index (Phi) is 4.26. The van der Waals surface area contributed by atoms with Crippen molar-refractivity contribution >= 4 is 11.8 Å². The summed E-state index contributed by atoms with van der Waals surface area (Å²) in [7, 11) is 1.81. The third-order valence-corrected chi connectivity index (χ3v) is 1.37. The normalized spacial score (nSPS) is 10.9. The lowest BCUT2D eigenvalue weighted by atomic mass is 10.9. The molecule has 3 heteroatoms. The van der Waals surface area contributed by atoms with Crippen molar-refractivity contribution in [1.82, 2.24) is 5.32 Å². The number of thioether (sulfide) groups is 1. The number of nitrogens with two attached hydrogens (primary N) is 1. The number of hydrogen-bond donors (Lipinski definition) is 2. The van der Waals surface area contributed by atoms with Crippen molar-refractivity contribution < 1.29 is 0 Å². The maximum Gasteiger partial charge on any atom is 0.0879 e. The summed E-state index contributed by atoms with van der Waals surface area (Å²) in [6.07, 6.45) is 1.51. The van der Waals surface area contributed by atoms with Crippen LogP contribution in [0.2, 0.25) is 0 Å². The van der Waals surface area contributed by atoms with E-state index in [9.17, 15) is 0 Å². The van der Waals surface area contributed by atoms with E-state index in [0.717, 1.165) is 5.03 Å². The Hall–Kier alpha value is -0.570. The predicted molar refractivity (Wildman–Crippen MR) is 39.1 cm³/mol. The average molecular weight is 130 g/mol. The minimum absolute atomic E-state index is 0.917. The fraction of sp³-hybridized carbons (Fsp3) is 0.200. The molecule has 0 aromatic rings. The van der Waals surface area contributed by atoms with Crippen LogP contribution in [-0.4, -0.2) is 7.05 Å². The van der Waals surface area contributed by atoms with E-state index in [2.05, 4.69) is 11.9 Å². The van der Waals surface area contributed by atoms with E-state index < -0.39 is 0 Å². The highest BCUT2D eigenvalue weighted by molar-refractivity contribution is 8.05. The molecule has 0 aromatic carbocycles. The number of hydrogen-bond acceptors (Lipinski definition) is 3. The van der Waals surface area contributed by atoms with Crippen LogP contribution in [0.25, 0.3) is 0 Å². The fourth-order valence-electron chi connectivity index (χ4n) is 0.271. The molecule has 0 aliphatic carbocycles. The summed E-state index contributed by atoms with van der Waals surface area (Å²) in [5, 5.41) is 5.51. The van der Waals surface area contributed by atoms with Crippen molar-refractivity contribution in [3.05, 3.63) is 23.2 Å². The standard InChI is InChI=1S/C5H10N2S/c1-3-8-5(4-6)7-2/h3-4,7H,1,6H2,2H3/b5-4-. The molecule has 8 heavy (non-hydrogen) atoms. The van der Waals surface area contributed by atoms with Crippen LogP contribution in [0.4, 0.5) is 0 Å². The molecule has 0 unspecified atom stereocenters. The van der Waals surface area contributed by atoms with Gasteiger partial charge in [0.15, 0.2) is 0 Å². The third kappa shape index (κ3) is 2.58. The zero-order valence-corrected chi connectivity index (χ0v) is 5.66. The molecular weight excluding hydrogens is 120 g/mol. The van der Waals surface area contributed by atoms with Crippen molar-refractivity contribution in [3.8, 4) is 0 Å². The Balaban J connectivity index is 3.53. The van der Waals surface area contributed by atoms with Crippen LogP contribution in [-0.2, 0) is 0 Å². The Morgan fingerprint density at radius 2 is 2.50 bits per heavy atom. The first kappa shape index (κ1) is 7.43. The highest BCUT2D eigenvalue weighted by atomic mass is 32.2. The molecular formula is C5H10N2S.